The highest BCUT2D eigenvalue weighted by Crippen LogP contribution is 2.20. The first kappa shape index (κ1) is 23.2. The molecule has 0 radical (unpaired) electrons. The van der Waals surface area contributed by atoms with Crippen LogP contribution in [0.2, 0.25) is 0 Å². The van der Waals surface area contributed by atoms with E-state index in [1.54, 1.807) is 0 Å². The Hall–Kier alpha value is -3.10. The lowest BCUT2D eigenvalue weighted by molar-refractivity contribution is 0.824. The number of rotatable bonds is 9. The molecule has 154 valence electrons. The average molecular weight is 397 g/mol. The highest BCUT2D eigenvalue weighted by atomic mass is 14.8. The molecule has 2 aromatic carbocycles. The van der Waals surface area contributed by atoms with E-state index in [-0.39, 0.29) is 0 Å². The summed E-state index contributed by atoms with van der Waals surface area (Å²) in [5.74, 6) is 12.1. The van der Waals surface area contributed by atoms with Crippen LogP contribution < -0.4 is 0 Å². The van der Waals surface area contributed by atoms with Crippen LogP contribution in [-0.4, -0.2) is 11.4 Å². The Balaban J connectivity index is 2.41. The van der Waals surface area contributed by atoms with Crippen LogP contribution in [0.25, 0.3) is 0 Å². The second-order valence-electron chi connectivity index (χ2n) is 7.17. The van der Waals surface area contributed by atoms with Gasteiger partial charge in [-0.15, -0.1) is 11.8 Å². The van der Waals surface area contributed by atoms with Crippen LogP contribution in [0.4, 0.5) is 11.4 Å². The van der Waals surface area contributed by atoms with Crippen LogP contribution in [0.3, 0.4) is 0 Å². The molecule has 0 aromatic heterocycles. The van der Waals surface area contributed by atoms with Crippen LogP contribution in [0.1, 0.15) is 77.3 Å². The van der Waals surface area contributed by atoms with Crippen molar-refractivity contribution in [2.24, 2.45) is 9.98 Å². The van der Waals surface area contributed by atoms with Crippen LogP contribution in [-0.2, 0) is 0 Å². The van der Waals surface area contributed by atoms with Gasteiger partial charge in [0.2, 0.25) is 0 Å². The van der Waals surface area contributed by atoms with Crippen molar-refractivity contribution < 1.29 is 0 Å². The van der Waals surface area contributed by atoms with Gasteiger partial charge in [0, 0.05) is 11.1 Å². The van der Waals surface area contributed by atoms with E-state index in [1.165, 1.54) is 0 Å². The summed E-state index contributed by atoms with van der Waals surface area (Å²) >= 11 is 0. The SMILES string of the molecule is CC#Cc1ccc(N=C(CCCC)C(CCCC)=Nc2ccc(C#CC)cc2)cc1. The summed E-state index contributed by atoms with van der Waals surface area (Å²) in [6.45, 7) is 8.14. The first-order valence-corrected chi connectivity index (χ1v) is 10.9. The molecule has 0 aliphatic heterocycles. The number of benzene rings is 2. The molecule has 0 aliphatic rings. The second-order valence-corrected chi connectivity index (χ2v) is 7.17. The first-order valence-electron chi connectivity index (χ1n) is 10.9. The Kier molecular flexibility index (Phi) is 10.2. The van der Waals surface area contributed by atoms with Crippen molar-refractivity contribution in [1.29, 1.82) is 0 Å². The zero-order valence-electron chi connectivity index (χ0n) is 18.8. The molecule has 30 heavy (non-hydrogen) atoms. The Morgan fingerprint density at radius 2 is 1.00 bits per heavy atom. The highest BCUT2D eigenvalue weighted by Gasteiger charge is 2.10. The molecule has 0 heterocycles. The minimum absolute atomic E-state index is 0.939. The number of nitrogens with zero attached hydrogens (tertiary/aromatic N) is 2. The van der Waals surface area contributed by atoms with Gasteiger partial charge in [-0.1, -0.05) is 38.5 Å². The van der Waals surface area contributed by atoms with Gasteiger partial charge in [0.25, 0.3) is 0 Å². The molecule has 0 unspecified atom stereocenters. The summed E-state index contributed by atoms with van der Waals surface area (Å²) in [6, 6.07) is 16.3. The van der Waals surface area contributed by atoms with Crippen LogP contribution >= 0.6 is 0 Å². The van der Waals surface area contributed by atoms with E-state index in [0.717, 1.165) is 72.4 Å². The zero-order valence-corrected chi connectivity index (χ0v) is 18.8. The Morgan fingerprint density at radius 3 is 1.30 bits per heavy atom. The maximum Gasteiger partial charge on any atom is 0.0634 e. The topological polar surface area (TPSA) is 24.7 Å². The molecule has 2 nitrogen and oxygen atoms in total. The van der Waals surface area contributed by atoms with Gasteiger partial charge in [-0.25, -0.2) is 0 Å². The van der Waals surface area contributed by atoms with Gasteiger partial charge in [-0.2, -0.15) is 0 Å². The van der Waals surface area contributed by atoms with Crippen molar-refractivity contribution >= 4 is 22.8 Å². The van der Waals surface area contributed by atoms with Gasteiger partial charge < -0.3 is 0 Å². The summed E-state index contributed by atoms with van der Waals surface area (Å²) in [4.78, 5) is 10.0. The quantitative estimate of drug-likeness (QED) is 0.307. The predicted octanol–water partition coefficient (Wildman–Crippen LogP) is 7.66. The number of hydrogen-bond acceptors (Lipinski definition) is 2. The predicted molar refractivity (Wildman–Crippen MR) is 131 cm³/mol. The van der Waals surface area contributed by atoms with Crippen LogP contribution in [0.15, 0.2) is 58.5 Å². The molecular formula is C28H32N2. The van der Waals surface area contributed by atoms with Gasteiger partial charge in [-0.3, -0.25) is 9.98 Å². The van der Waals surface area contributed by atoms with Gasteiger partial charge in [-0.05, 0) is 88.1 Å². The largest absolute Gasteiger partial charge is 0.252 e. The van der Waals surface area contributed by atoms with E-state index >= 15 is 0 Å². The summed E-state index contributed by atoms with van der Waals surface area (Å²) in [5, 5.41) is 0. The fourth-order valence-electron chi connectivity index (χ4n) is 3.06. The summed E-state index contributed by atoms with van der Waals surface area (Å²) in [5.41, 5.74) is 6.14. The van der Waals surface area contributed by atoms with Crippen LogP contribution in [0, 0.1) is 23.7 Å². The minimum atomic E-state index is 0.939. The Morgan fingerprint density at radius 1 is 0.633 bits per heavy atom. The van der Waals surface area contributed by atoms with Crippen molar-refractivity contribution in [1.82, 2.24) is 0 Å². The number of hydrogen-bond donors (Lipinski definition) is 0. The molecule has 0 bridgehead atoms. The van der Waals surface area contributed by atoms with Crippen molar-refractivity contribution in [3.8, 4) is 23.7 Å². The molecule has 0 atom stereocenters. The summed E-state index contributed by atoms with van der Waals surface area (Å²) in [7, 11) is 0. The highest BCUT2D eigenvalue weighted by molar-refractivity contribution is 6.43. The van der Waals surface area contributed by atoms with Crippen molar-refractivity contribution in [2.75, 3.05) is 0 Å². The van der Waals surface area contributed by atoms with E-state index < -0.39 is 0 Å². The molecule has 0 aliphatic carbocycles. The lowest BCUT2D eigenvalue weighted by Crippen LogP contribution is -2.14. The minimum Gasteiger partial charge on any atom is -0.252 e. The average Bonchev–Trinajstić information content (AvgIpc) is 2.77. The van der Waals surface area contributed by atoms with E-state index in [1.807, 2.05) is 62.4 Å². The molecule has 0 saturated carbocycles. The van der Waals surface area contributed by atoms with Gasteiger partial charge >= 0.3 is 0 Å². The standard InChI is InChI=1S/C28H32N2/c1-5-9-13-27(29-25-19-15-23(11-7-3)16-20-25)28(14-10-6-2)30-26-21-17-24(12-8-4)18-22-26/h15-22H,5-6,9-10,13-14H2,1-4H3. The van der Waals surface area contributed by atoms with Gasteiger partial charge in [0.1, 0.15) is 0 Å². The lowest BCUT2D eigenvalue weighted by Gasteiger charge is -2.11. The van der Waals surface area contributed by atoms with Crippen molar-refractivity contribution in [3.63, 3.8) is 0 Å². The monoisotopic (exact) mass is 396 g/mol. The van der Waals surface area contributed by atoms with Gasteiger partial charge in [0.15, 0.2) is 0 Å². The molecule has 0 saturated heterocycles. The van der Waals surface area contributed by atoms with Gasteiger partial charge in [0.05, 0.1) is 22.8 Å². The van der Waals surface area contributed by atoms with Crippen molar-refractivity contribution in [3.05, 3.63) is 59.7 Å². The van der Waals surface area contributed by atoms with E-state index in [2.05, 4.69) is 37.5 Å². The van der Waals surface area contributed by atoms with E-state index in [4.69, 9.17) is 9.98 Å². The molecule has 0 spiro atoms. The van der Waals surface area contributed by atoms with E-state index in [9.17, 15) is 0 Å². The fourth-order valence-corrected chi connectivity index (χ4v) is 3.06. The third-order valence-electron chi connectivity index (χ3n) is 4.67. The third-order valence-corrected chi connectivity index (χ3v) is 4.67. The molecule has 2 aromatic rings. The second kappa shape index (κ2) is 13.2. The smallest absolute Gasteiger partial charge is 0.0634 e. The maximum atomic E-state index is 5.01. The van der Waals surface area contributed by atoms with Crippen molar-refractivity contribution in [2.45, 2.75) is 66.2 Å². The fraction of sp³-hybridized carbons (Fsp3) is 0.357. The lowest BCUT2D eigenvalue weighted by atomic mass is 10.0. The van der Waals surface area contributed by atoms with Crippen LogP contribution in [0.5, 0.6) is 0 Å². The summed E-state index contributed by atoms with van der Waals surface area (Å²) < 4.78 is 0. The third kappa shape index (κ3) is 7.73. The first-order chi connectivity index (χ1) is 14.7. The Bertz CT molecular complexity index is 886. The number of unbranched alkanes of at least 4 members (excludes halogenated alkanes) is 2. The van der Waals surface area contributed by atoms with E-state index in [0.29, 0.717) is 0 Å². The molecule has 0 N–H and O–H groups in total. The zero-order chi connectivity index (χ0) is 21.6. The molecule has 2 heteroatoms. The Labute approximate surface area is 182 Å². The summed E-state index contributed by atoms with van der Waals surface area (Å²) in [6.07, 6.45) is 6.36. The number of aliphatic imine (C=N–C) groups is 2. The molecule has 0 amide bonds. The normalized spacial score (nSPS) is 11.3. The molecular weight excluding hydrogens is 364 g/mol. The maximum absolute atomic E-state index is 5.01. The molecule has 2 rings (SSSR count). The molecule has 0 fully saturated rings.